The van der Waals surface area contributed by atoms with E-state index in [4.69, 9.17) is 21.1 Å². The van der Waals surface area contributed by atoms with Crippen molar-refractivity contribution in [3.8, 4) is 5.75 Å². The first kappa shape index (κ1) is 16.2. The van der Waals surface area contributed by atoms with Crippen molar-refractivity contribution in [3.05, 3.63) is 33.3 Å². The standard InChI is InChI=1S/C12H15ClN2O5/c1-8(6-19-2)14-12(16)7-20-11-4-3-9(15(17)18)5-10(11)13/h3-5,8H,6-7H2,1-2H3,(H,14,16)/t8-/m0/s1. The molecule has 0 aliphatic rings. The average molecular weight is 303 g/mol. The molecule has 7 nitrogen and oxygen atoms in total. The van der Waals surface area contributed by atoms with Gasteiger partial charge in [-0.25, -0.2) is 0 Å². The molecule has 0 aliphatic carbocycles. The zero-order chi connectivity index (χ0) is 15.1. The molecule has 0 bridgehead atoms. The highest BCUT2D eigenvalue weighted by Gasteiger charge is 2.12. The number of non-ortho nitro benzene ring substituents is 1. The lowest BCUT2D eigenvalue weighted by Crippen LogP contribution is -2.38. The monoisotopic (exact) mass is 302 g/mol. The molecular weight excluding hydrogens is 288 g/mol. The molecule has 1 N–H and O–H groups in total. The summed E-state index contributed by atoms with van der Waals surface area (Å²) in [6, 6.07) is 3.64. The molecule has 1 amide bonds. The fourth-order valence-corrected chi connectivity index (χ4v) is 1.70. The van der Waals surface area contributed by atoms with E-state index in [1.165, 1.54) is 25.3 Å². The third-order valence-corrected chi connectivity index (χ3v) is 2.60. The van der Waals surface area contributed by atoms with Crippen LogP contribution in [0.1, 0.15) is 6.92 Å². The smallest absolute Gasteiger partial charge is 0.271 e. The Labute approximate surface area is 121 Å². The van der Waals surface area contributed by atoms with Gasteiger partial charge in [0.05, 0.1) is 16.6 Å². The van der Waals surface area contributed by atoms with Crippen molar-refractivity contribution in [2.45, 2.75) is 13.0 Å². The molecule has 0 aliphatic heterocycles. The molecule has 0 saturated heterocycles. The van der Waals surface area contributed by atoms with Gasteiger partial charge in [-0.15, -0.1) is 0 Å². The summed E-state index contributed by atoms with van der Waals surface area (Å²) >= 11 is 5.83. The van der Waals surface area contributed by atoms with Crippen molar-refractivity contribution in [2.75, 3.05) is 20.3 Å². The van der Waals surface area contributed by atoms with Crippen LogP contribution in [0.5, 0.6) is 5.75 Å². The van der Waals surface area contributed by atoms with E-state index in [2.05, 4.69) is 5.32 Å². The summed E-state index contributed by atoms with van der Waals surface area (Å²) in [5, 5.41) is 13.3. The minimum absolute atomic E-state index is 0.0805. The number of benzene rings is 1. The predicted molar refractivity (Wildman–Crippen MR) is 73.1 cm³/mol. The Hall–Kier alpha value is -1.86. The number of methoxy groups -OCH3 is 1. The second kappa shape index (κ2) is 7.66. The maximum Gasteiger partial charge on any atom is 0.271 e. The fraction of sp³-hybridized carbons (Fsp3) is 0.417. The molecule has 0 spiro atoms. The number of halogens is 1. The third-order valence-electron chi connectivity index (χ3n) is 2.31. The molecule has 110 valence electrons. The molecule has 1 atom stereocenters. The Kier molecular flexibility index (Phi) is 6.20. The van der Waals surface area contributed by atoms with Crippen LogP contribution < -0.4 is 10.1 Å². The summed E-state index contributed by atoms with van der Waals surface area (Å²) in [5.41, 5.74) is -0.138. The minimum atomic E-state index is -0.561. The number of nitrogens with zero attached hydrogens (tertiary/aromatic N) is 1. The Morgan fingerprint density at radius 1 is 1.55 bits per heavy atom. The molecule has 0 fully saturated rings. The number of amides is 1. The second-order valence-electron chi connectivity index (χ2n) is 4.08. The number of nitrogens with one attached hydrogen (secondary N) is 1. The molecule has 0 aromatic heterocycles. The van der Waals surface area contributed by atoms with Crippen LogP contribution in [0.2, 0.25) is 5.02 Å². The highest BCUT2D eigenvalue weighted by Crippen LogP contribution is 2.28. The van der Waals surface area contributed by atoms with E-state index in [0.29, 0.717) is 6.61 Å². The average Bonchev–Trinajstić information content (AvgIpc) is 2.37. The molecule has 0 unspecified atom stereocenters. The zero-order valence-electron chi connectivity index (χ0n) is 11.1. The van der Waals surface area contributed by atoms with Crippen LogP contribution in [0.3, 0.4) is 0 Å². The number of nitro benzene ring substituents is 1. The van der Waals surface area contributed by atoms with Gasteiger partial charge in [-0.2, -0.15) is 0 Å². The Morgan fingerprint density at radius 2 is 2.25 bits per heavy atom. The first-order valence-electron chi connectivity index (χ1n) is 5.79. The molecule has 0 heterocycles. The highest BCUT2D eigenvalue weighted by molar-refractivity contribution is 6.32. The summed E-state index contributed by atoms with van der Waals surface area (Å²) in [6.45, 7) is 1.95. The zero-order valence-corrected chi connectivity index (χ0v) is 11.8. The second-order valence-corrected chi connectivity index (χ2v) is 4.49. The SMILES string of the molecule is COC[C@H](C)NC(=O)COc1ccc([N+](=O)[O-])cc1Cl. The summed E-state index contributed by atoms with van der Waals surface area (Å²) in [7, 11) is 1.54. The lowest BCUT2D eigenvalue weighted by Gasteiger charge is -2.13. The topological polar surface area (TPSA) is 90.7 Å². The van der Waals surface area contributed by atoms with Crippen molar-refractivity contribution in [3.63, 3.8) is 0 Å². The summed E-state index contributed by atoms with van der Waals surface area (Å²) in [5.74, 6) is -0.115. The van der Waals surface area contributed by atoms with Gasteiger partial charge in [0.2, 0.25) is 0 Å². The van der Waals surface area contributed by atoms with Crippen LogP contribution in [0.25, 0.3) is 0 Å². The number of hydrogen-bond acceptors (Lipinski definition) is 5. The molecule has 1 rings (SSSR count). The van der Waals surface area contributed by atoms with Crippen LogP contribution in [-0.2, 0) is 9.53 Å². The summed E-state index contributed by atoms with van der Waals surface area (Å²) < 4.78 is 10.1. The molecule has 0 saturated carbocycles. The van der Waals surface area contributed by atoms with Gasteiger partial charge in [-0.3, -0.25) is 14.9 Å². The first-order chi connectivity index (χ1) is 9.43. The van der Waals surface area contributed by atoms with E-state index < -0.39 is 4.92 Å². The molecule has 20 heavy (non-hydrogen) atoms. The number of rotatable bonds is 7. The van der Waals surface area contributed by atoms with Gasteiger partial charge in [0, 0.05) is 25.3 Å². The van der Waals surface area contributed by atoms with E-state index in [0.717, 1.165) is 0 Å². The van der Waals surface area contributed by atoms with Gasteiger partial charge in [0.25, 0.3) is 11.6 Å². The minimum Gasteiger partial charge on any atom is -0.482 e. The van der Waals surface area contributed by atoms with Crippen LogP contribution >= 0.6 is 11.6 Å². The van der Waals surface area contributed by atoms with E-state index in [1.807, 2.05) is 0 Å². The lowest BCUT2D eigenvalue weighted by molar-refractivity contribution is -0.384. The lowest BCUT2D eigenvalue weighted by atomic mass is 10.3. The Balaban J connectivity index is 2.53. The van der Waals surface area contributed by atoms with Gasteiger partial charge in [0.15, 0.2) is 6.61 Å². The molecular formula is C12H15ClN2O5. The van der Waals surface area contributed by atoms with Crippen molar-refractivity contribution in [1.29, 1.82) is 0 Å². The van der Waals surface area contributed by atoms with Crippen molar-refractivity contribution in [1.82, 2.24) is 5.32 Å². The quantitative estimate of drug-likeness (QED) is 0.612. The Bertz CT molecular complexity index is 495. The van der Waals surface area contributed by atoms with Gasteiger partial charge in [-0.05, 0) is 13.0 Å². The van der Waals surface area contributed by atoms with E-state index in [-0.39, 0.29) is 35.0 Å². The van der Waals surface area contributed by atoms with Gasteiger partial charge in [0.1, 0.15) is 5.75 Å². The van der Waals surface area contributed by atoms with Crippen LogP contribution in [0.4, 0.5) is 5.69 Å². The highest BCUT2D eigenvalue weighted by atomic mass is 35.5. The Morgan fingerprint density at radius 3 is 2.80 bits per heavy atom. The number of carbonyl (C=O) groups excluding carboxylic acids is 1. The van der Waals surface area contributed by atoms with Crippen LogP contribution in [0, 0.1) is 10.1 Å². The van der Waals surface area contributed by atoms with E-state index in [9.17, 15) is 14.9 Å². The molecule has 0 radical (unpaired) electrons. The van der Waals surface area contributed by atoms with Gasteiger partial charge >= 0.3 is 0 Å². The largest absolute Gasteiger partial charge is 0.482 e. The normalized spacial score (nSPS) is 11.8. The maximum absolute atomic E-state index is 11.5. The predicted octanol–water partition coefficient (Wildman–Crippen LogP) is 1.78. The number of nitro groups is 1. The van der Waals surface area contributed by atoms with Crippen molar-refractivity contribution < 1.29 is 19.2 Å². The number of hydrogen-bond donors (Lipinski definition) is 1. The third kappa shape index (κ3) is 5.02. The maximum atomic E-state index is 11.5. The van der Waals surface area contributed by atoms with Crippen LogP contribution in [0.15, 0.2) is 18.2 Å². The molecule has 1 aromatic carbocycles. The van der Waals surface area contributed by atoms with Crippen molar-refractivity contribution >= 4 is 23.2 Å². The summed E-state index contributed by atoms with van der Waals surface area (Å²) in [6.07, 6.45) is 0. The first-order valence-corrected chi connectivity index (χ1v) is 6.17. The van der Waals surface area contributed by atoms with Crippen LogP contribution in [-0.4, -0.2) is 37.2 Å². The van der Waals surface area contributed by atoms with Crippen molar-refractivity contribution in [2.24, 2.45) is 0 Å². The number of ether oxygens (including phenoxy) is 2. The van der Waals surface area contributed by atoms with Gasteiger partial charge < -0.3 is 14.8 Å². The fourth-order valence-electron chi connectivity index (χ4n) is 1.47. The molecule has 1 aromatic rings. The molecule has 8 heteroatoms. The van der Waals surface area contributed by atoms with E-state index in [1.54, 1.807) is 6.92 Å². The van der Waals surface area contributed by atoms with E-state index >= 15 is 0 Å². The van der Waals surface area contributed by atoms with Gasteiger partial charge in [-0.1, -0.05) is 11.6 Å². The number of carbonyl (C=O) groups is 1. The summed E-state index contributed by atoms with van der Waals surface area (Å²) in [4.78, 5) is 21.5.